The Morgan fingerprint density at radius 2 is 1.63 bits per heavy atom. The molecule has 5 rings (SSSR count). The molecule has 1 saturated carbocycles. The Bertz CT molecular complexity index is 961. The predicted molar refractivity (Wildman–Crippen MR) is 102 cm³/mol. The normalized spacial score (nSPS) is 28.2. The molecule has 3 aliphatic rings. The number of rotatable bonds is 4. The lowest BCUT2D eigenvalue weighted by Crippen LogP contribution is -2.35. The number of carbonyl (C=O) groups is 3. The van der Waals surface area contributed by atoms with E-state index >= 15 is 0 Å². The summed E-state index contributed by atoms with van der Waals surface area (Å²) in [5.41, 5.74) is 0.747. The van der Waals surface area contributed by atoms with Crippen LogP contribution in [-0.2, 0) is 14.4 Å². The summed E-state index contributed by atoms with van der Waals surface area (Å²) in [5, 5.41) is 4.94. The van der Waals surface area contributed by atoms with Gasteiger partial charge in [0.2, 0.25) is 17.7 Å². The Labute approximate surface area is 157 Å². The molecule has 136 valence electrons. The number of nitrogens with zero attached hydrogens (tertiary/aromatic N) is 1. The van der Waals surface area contributed by atoms with Crippen LogP contribution in [0.1, 0.15) is 12.8 Å². The third-order valence-electron chi connectivity index (χ3n) is 6.19. The summed E-state index contributed by atoms with van der Waals surface area (Å²) in [6.45, 7) is 0.153. The summed E-state index contributed by atoms with van der Waals surface area (Å²) in [7, 11) is 0. The average Bonchev–Trinajstić information content (AvgIpc) is 3.35. The van der Waals surface area contributed by atoms with Crippen LogP contribution in [0.25, 0.3) is 10.8 Å². The van der Waals surface area contributed by atoms with Gasteiger partial charge < -0.3 is 5.32 Å². The first-order valence-corrected chi connectivity index (χ1v) is 9.44. The lowest BCUT2D eigenvalue weighted by atomic mass is 9.85. The molecule has 2 aromatic carbocycles. The average molecular weight is 360 g/mol. The smallest absolute Gasteiger partial charge is 0.233 e. The molecule has 5 nitrogen and oxygen atoms in total. The Morgan fingerprint density at radius 3 is 2.37 bits per heavy atom. The number of hydrogen-bond acceptors (Lipinski definition) is 3. The molecule has 1 aliphatic heterocycles. The van der Waals surface area contributed by atoms with Crippen molar-refractivity contribution >= 4 is 34.2 Å². The molecule has 1 heterocycles. The molecule has 2 fully saturated rings. The van der Waals surface area contributed by atoms with Crippen LogP contribution in [0.15, 0.2) is 54.6 Å². The van der Waals surface area contributed by atoms with Gasteiger partial charge in [0.15, 0.2) is 0 Å². The Balaban J connectivity index is 1.26. The van der Waals surface area contributed by atoms with Crippen molar-refractivity contribution in [3.05, 3.63) is 54.6 Å². The SMILES string of the molecule is O=C(CCN1C(=O)[C@@H]2[C@H](C1=O)[C@H]1C=C[C@@H]2C1)Nc1cccc2ccccc12. The molecule has 0 aromatic heterocycles. The number of imide groups is 1. The largest absolute Gasteiger partial charge is 0.325 e. The maximum atomic E-state index is 12.7. The minimum absolute atomic E-state index is 0.0974. The number of fused-ring (bicyclic) bond motifs is 6. The maximum Gasteiger partial charge on any atom is 0.233 e. The van der Waals surface area contributed by atoms with E-state index in [1.165, 1.54) is 4.90 Å². The van der Waals surface area contributed by atoms with E-state index in [0.717, 1.165) is 22.9 Å². The second kappa shape index (κ2) is 6.05. The summed E-state index contributed by atoms with van der Waals surface area (Å²) >= 11 is 0. The standard InChI is InChI=1S/C22H20N2O3/c25-18(23-17-7-3-5-13-4-1-2-6-16(13)17)10-11-24-21(26)19-14-8-9-15(12-14)20(19)22(24)27/h1-9,14-15,19-20H,10-12H2,(H,23,25)/t14-,15+,19+,20-. The topological polar surface area (TPSA) is 66.5 Å². The van der Waals surface area contributed by atoms with E-state index in [0.29, 0.717) is 0 Å². The van der Waals surface area contributed by atoms with E-state index in [-0.39, 0.29) is 54.4 Å². The zero-order chi connectivity index (χ0) is 18.5. The number of anilines is 1. The van der Waals surface area contributed by atoms with Gasteiger partial charge in [0.25, 0.3) is 0 Å². The van der Waals surface area contributed by atoms with Crippen LogP contribution >= 0.6 is 0 Å². The highest BCUT2D eigenvalue weighted by Crippen LogP contribution is 2.52. The zero-order valence-electron chi connectivity index (χ0n) is 14.8. The van der Waals surface area contributed by atoms with E-state index in [4.69, 9.17) is 0 Å². The van der Waals surface area contributed by atoms with Crippen molar-refractivity contribution in [3.8, 4) is 0 Å². The van der Waals surface area contributed by atoms with Crippen molar-refractivity contribution < 1.29 is 14.4 Å². The minimum atomic E-state index is -0.200. The number of nitrogens with one attached hydrogen (secondary N) is 1. The van der Waals surface area contributed by atoms with Gasteiger partial charge in [0, 0.05) is 24.0 Å². The van der Waals surface area contributed by atoms with Gasteiger partial charge in [-0.1, -0.05) is 48.6 Å². The second-order valence-electron chi connectivity index (χ2n) is 7.65. The van der Waals surface area contributed by atoms with E-state index in [1.54, 1.807) is 0 Å². The van der Waals surface area contributed by atoms with Crippen LogP contribution in [-0.4, -0.2) is 29.2 Å². The summed E-state index contributed by atoms with van der Waals surface area (Å²) in [6, 6.07) is 13.6. The molecule has 3 amide bonds. The number of allylic oxidation sites excluding steroid dienone is 2. The molecule has 1 N–H and O–H groups in total. The van der Waals surface area contributed by atoms with E-state index in [2.05, 4.69) is 17.5 Å². The van der Waals surface area contributed by atoms with Crippen LogP contribution < -0.4 is 5.32 Å². The number of benzene rings is 2. The fourth-order valence-electron chi connectivity index (χ4n) is 4.94. The molecule has 5 heteroatoms. The maximum absolute atomic E-state index is 12.7. The molecule has 1 saturated heterocycles. The van der Waals surface area contributed by atoms with Crippen LogP contribution in [0, 0.1) is 23.7 Å². The first kappa shape index (κ1) is 16.2. The molecule has 2 aliphatic carbocycles. The van der Waals surface area contributed by atoms with E-state index < -0.39 is 0 Å². The van der Waals surface area contributed by atoms with Crippen LogP contribution in [0.4, 0.5) is 5.69 Å². The molecular formula is C22H20N2O3. The van der Waals surface area contributed by atoms with Gasteiger partial charge in [-0.05, 0) is 29.7 Å². The van der Waals surface area contributed by atoms with Crippen molar-refractivity contribution in [2.45, 2.75) is 12.8 Å². The molecule has 2 aromatic rings. The molecule has 0 unspecified atom stereocenters. The van der Waals surface area contributed by atoms with Gasteiger partial charge in [-0.2, -0.15) is 0 Å². The summed E-state index contributed by atoms with van der Waals surface area (Å²) in [4.78, 5) is 39.1. The van der Waals surface area contributed by atoms with Crippen LogP contribution in [0.2, 0.25) is 0 Å². The zero-order valence-corrected chi connectivity index (χ0v) is 14.8. The summed E-state index contributed by atoms with van der Waals surface area (Å²) in [6.07, 6.45) is 5.19. The highest BCUT2D eigenvalue weighted by molar-refractivity contribution is 6.07. The van der Waals surface area contributed by atoms with E-state index in [1.807, 2.05) is 42.5 Å². The van der Waals surface area contributed by atoms with Crippen LogP contribution in [0.5, 0.6) is 0 Å². The highest BCUT2D eigenvalue weighted by atomic mass is 16.2. The Morgan fingerprint density at radius 1 is 0.963 bits per heavy atom. The minimum Gasteiger partial charge on any atom is -0.325 e. The summed E-state index contributed by atoms with van der Waals surface area (Å²) < 4.78 is 0. The fraction of sp³-hybridized carbons (Fsp3) is 0.318. The molecule has 0 radical (unpaired) electrons. The van der Waals surface area contributed by atoms with Gasteiger partial charge >= 0.3 is 0 Å². The first-order chi connectivity index (χ1) is 13.1. The van der Waals surface area contributed by atoms with Crippen molar-refractivity contribution in [1.82, 2.24) is 4.90 Å². The number of likely N-dealkylation sites (tertiary alicyclic amines) is 1. The number of hydrogen-bond donors (Lipinski definition) is 1. The van der Waals surface area contributed by atoms with Gasteiger partial charge in [-0.15, -0.1) is 0 Å². The molecule has 2 bridgehead atoms. The van der Waals surface area contributed by atoms with Gasteiger partial charge in [-0.3, -0.25) is 19.3 Å². The van der Waals surface area contributed by atoms with Crippen LogP contribution in [0.3, 0.4) is 0 Å². The van der Waals surface area contributed by atoms with Gasteiger partial charge in [-0.25, -0.2) is 0 Å². The number of carbonyl (C=O) groups excluding carboxylic acids is 3. The third-order valence-corrected chi connectivity index (χ3v) is 6.19. The quantitative estimate of drug-likeness (QED) is 0.673. The van der Waals surface area contributed by atoms with Crippen molar-refractivity contribution in [3.63, 3.8) is 0 Å². The molecule has 27 heavy (non-hydrogen) atoms. The van der Waals surface area contributed by atoms with Crippen molar-refractivity contribution in [2.75, 3.05) is 11.9 Å². The third kappa shape index (κ3) is 2.49. The lowest BCUT2D eigenvalue weighted by molar-refractivity contribution is -0.140. The first-order valence-electron chi connectivity index (χ1n) is 9.44. The Kier molecular flexibility index (Phi) is 3.64. The van der Waals surface area contributed by atoms with Crippen molar-refractivity contribution in [2.24, 2.45) is 23.7 Å². The number of amides is 3. The molecule has 4 atom stereocenters. The van der Waals surface area contributed by atoms with E-state index in [9.17, 15) is 14.4 Å². The highest BCUT2D eigenvalue weighted by Gasteiger charge is 2.58. The summed E-state index contributed by atoms with van der Waals surface area (Å²) in [5.74, 6) is -0.385. The van der Waals surface area contributed by atoms with Crippen molar-refractivity contribution in [1.29, 1.82) is 0 Å². The van der Waals surface area contributed by atoms with Gasteiger partial charge in [0.1, 0.15) is 0 Å². The predicted octanol–water partition coefficient (Wildman–Crippen LogP) is 2.98. The lowest BCUT2D eigenvalue weighted by Gasteiger charge is -2.17. The molecule has 0 spiro atoms. The second-order valence-corrected chi connectivity index (χ2v) is 7.65. The monoisotopic (exact) mass is 360 g/mol. The Hall–Kier alpha value is -2.95. The van der Waals surface area contributed by atoms with Gasteiger partial charge in [0.05, 0.1) is 11.8 Å². The molecular weight excluding hydrogens is 340 g/mol. The fourth-order valence-corrected chi connectivity index (χ4v) is 4.94.